The second-order valence-electron chi connectivity index (χ2n) is 7.16. The highest BCUT2D eigenvalue weighted by Gasteiger charge is 2.31. The number of H-pyrrole nitrogens is 1. The number of nitriles is 1. The molecule has 0 saturated carbocycles. The summed E-state index contributed by atoms with van der Waals surface area (Å²) >= 11 is 0. The second kappa shape index (κ2) is 6.50. The summed E-state index contributed by atoms with van der Waals surface area (Å²) in [6.45, 7) is 5.98. The number of nitrogens with zero attached hydrogens (tertiary/aromatic N) is 4. The van der Waals surface area contributed by atoms with Crippen LogP contribution in [0.4, 0.5) is 13.2 Å². The third-order valence-corrected chi connectivity index (χ3v) is 4.13. The normalized spacial score (nSPS) is 12.0. The fourth-order valence-electron chi connectivity index (χ4n) is 2.62. The van der Waals surface area contributed by atoms with Crippen LogP contribution in [0, 0.1) is 11.3 Å². The third-order valence-electron chi connectivity index (χ3n) is 4.13. The number of benzene rings is 1. The van der Waals surface area contributed by atoms with Gasteiger partial charge in [0.05, 0.1) is 5.56 Å². The Hall–Kier alpha value is -3.21. The topological polar surface area (TPSA) is 78.2 Å². The van der Waals surface area contributed by atoms with Crippen molar-refractivity contribution in [2.75, 3.05) is 0 Å². The molecule has 0 spiro atoms. The van der Waals surface area contributed by atoms with Crippen LogP contribution in [0.1, 0.15) is 37.6 Å². The van der Waals surface area contributed by atoms with Gasteiger partial charge >= 0.3 is 6.18 Å². The largest absolute Gasteiger partial charge is 0.417 e. The number of aromatic nitrogens is 4. The van der Waals surface area contributed by atoms with Crippen LogP contribution in [0.15, 0.2) is 36.7 Å². The van der Waals surface area contributed by atoms with Crippen molar-refractivity contribution in [3.63, 3.8) is 0 Å². The molecule has 2 aromatic heterocycles. The predicted octanol–water partition coefficient (Wildman–Crippen LogP) is 4.72. The summed E-state index contributed by atoms with van der Waals surface area (Å²) in [5.74, 6) is 0. The van der Waals surface area contributed by atoms with Crippen molar-refractivity contribution in [3.05, 3.63) is 53.5 Å². The van der Waals surface area contributed by atoms with Crippen LogP contribution in [0.3, 0.4) is 0 Å². The molecular formula is C19H16F3N5. The van der Waals surface area contributed by atoms with Gasteiger partial charge in [0.15, 0.2) is 5.69 Å². The van der Waals surface area contributed by atoms with Gasteiger partial charge in [-0.15, -0.1) is 5.10 Å². The minimum Gasteiger partial charge on any atom is -0.263 e. The number of hydrogen-bond acceptors (Lipinski definition) is 4. The first-order valence-electron chi connectivity index (χ1n) is 8.09. The van der Waals surface area contributed by atoms with Gasteiger partial charge in [-0.05, 0) is 34.7 Å². The zero-order chi connectivity index (χ0) is 19.8. The zero-order valence-electron chi connectivity index (χ0n) is 14.9. The highest BCUT2D eigenvalue weighted by atomic mass is 19.4. The number of nitrogens with one attached hydrogen (secondary N) is 1. The van der Waals surface area contributed by atoms with Gasteiger partial charge in [0.25, 0.3) is 0 Å². The van der Waals surface area contributed by atoms with Crippen molar-refractivity contribution in [1.82, 2.24) is 20.4 Å². The maximum atomic E-state index is 13.1. The van der Waals surface area contributed by atoms with E-state index in [9.17, 15) is 18.4 Å². The molecule has 0 radical (unpaired) electrons. The molecule has 5 nitrogen and oxygen atoms in total. The van der Waals surface area contributed by atoms with E-state index in [0.29, 0.717) is 22.4 Å². The lowest BCUT2D eigenvalue weighted by molar-refractivity contribution is -0.137. The Morgan fingerprint density at radius 3 is 2.22 bits per heavy atom. The summed E-state index contributed by atoms with van der Waals surface area (Å²) in [6, 6.07) is 8.42. The number of alkyl halides is 3. The lowest BCUT2D eigenvalue weighted by atomic mass is 9.83. The standard InChI is InChI=1S/C19H16F3N5/c1-18(2,3)14-5-11(13-7-15(10-24-9-13)19(20,21)22)4-12(6-14)17-16(8-23)25-27-26-17/h4-7,9-10H,1-3H3,(H,25,26,27). The van der Waals surface area contributed by atoms with Gasteiger partial charge in [0.1, 0.15) is 11.8 Å². The number of halogens is 3. The van der Waals surface area contributed by atoms with Crippen molar-refractivity contribution in [2.45, 2.75) is 32.4 Å². The minimum atomic E-state index is -4.48. The molecule has 0 aliphatic carbocycles. The van der Waals surface area contributed by atoms with Crippen LogP contribution in [0.5, 0.6) is 0 Å². The van der Waals surface area contributed by atoms with E-state index >= 15 is 0 Å². The van der Waals surface area contributed by atoms with Crippen LogP contribution in [-0.4, -0.2) is 20.4 Å². The average Bonchev–Trinajstić information content (AvgIpc) is 3.09. The molecule has 8 heteroatoms. The molecular weight excluding hydrogens is 355 g/mol. The summed E-state index contributed by atoms with van der Waals surface area (Å²) in [4.78, 5) is 3.74. The van der Waals surface area contributed by atoms with Crippen molar-refractivity contribution in [2.24, 2.45) is 0 Å². The average molecular weight is 371 g/mol. The summed E-state index contributed by atoms with van der Waals surface area (Å²) in [5.41, 5.74) is 1.83. The summed E-state index contributed by atoms with van der Waals surface area (Å²) in [7, 11) is 0. The number of rotatable bonds is 2. The molecule has 0 atom stereocenters. The molecule has 0 aliphatic heterocycles. The van der Waals surface area contributed by atoms with E-state index in [1.165, 1.54) is 6.20 Å². The van der Waals surface area contributed by atoms with E-state index in [0.717, 1.165) is 17.8 Å². The van der Waals surface area contributed by atoms with E-state index < -0.39 is 11.7 Å². The second-order valence-corrected chi connectivity index (χ2v) is 7.16. The van der Waals surface area contributed by atoms with Gasteiger partial charge in [0.2, 0.25) is 0 Å². The maximum absolute atomic E-state index is 13.1. The molecule has 0 bridgehead atoms. The zero-order valence-corrected chi connectivity index (χ0v) is 14.9. The first kappa shape index (κ1) is 18.6. The van der Waals surface area contributed by atoms with Gasteiger partial charge in [0, 0.05) is 23.5 Å². The summed E-state index contributed by atoms with van der Waals surface area (Å²) in [6.07, 6.45) is -2.30. The van der Waals surface area contributed by atoms with Crippen LogP contribution in [-0.2, 0) is 11.6 Å². The van der Waals surface area contributed by atoms with Gasteiger partial charge in [-0.2, -0.15) is 18.4 Å². The molecule has 0 aliphatic rings. The molecule has 138 valence electrons. The van der Waals surface area contributed by atoms with Crippen LogP contribution in [0.2, 0.25) is 0 Å². The quantitative estimate of drug-likeness (QED) is 0.707. The van der Waals surface area contributed by atoms with E-state index in [1.54, 1.807) is 6.07 Å². The molecule has 0 unspecified atom stereocenters. The van der Waals surface area contributed by atoms with Gasteiger partial charge in [-0.1, -0.05) is 32.1 Å². The Morgan fingerprint density at radius 2 is 1.59 bits per heavy atom. The highest BCUT2D eigenvalue weighted by molar-refractivity contribution is 5.74. The third kappa shape index (κ3) is 3.82. The van der Waals surface area contributed by atoms with Crippen molar-refractivity contribution < 1.29 is 13.2 Å². The van der Waals surface area contributed by atoms with Gasteiger partial charge in [-0.25, -0.2) is 5.10 Å². The molecule has 27 heavy (non-hydrogen) atoms. The molecule has 3 aromatic rings. The molecule has 0 fully saturated rings. The Labute approximate surface area is 153 Å². The van der Waals surface area contributed by atoms with Crippen molar-refractivity contribution in [3.8, 4) is 28.5 Å². The van der Waals surface area contributed by atoms with Gasteiger partial charge in [-0.3, -0.25) is 4.98 Å². The first-order valence-corrected chi connectivity index (χ1v) is 8.09. The summed E-state index contributed by atoms with van der Waals surface area (Å²) in [5, 5.41) is 19.3. The van der Waals surface area contributed by atoms with E-state index in [-0.39, 0.29) is 11.1 Å². The minimum absolute atomic E-state index is 0.189. The molecule has 0 amide bonds. The SMILES string of the molecule is CC(C)(C)c1cc(-c2cncc(C(F)(F)F)c2)cc(-c2nn[nH]c2C#N)c1. The smallest absolute Gasteiger partial charge is 0.263 e. The van der Waals surface area contributed by atoms with E-state index in [4.69, 9.17) is 0 Å². The highest BCUT2D eigenvalue weighted by Crippen LogP contribution is 2.35. The monoisotopic (exact) mass is 371 g/mol. The Kier molecular flexibility index (Phi) is 4.47. The maximum Gasteiger partial charge on any atom is 0.417 e. The predicted molar refractivity (Wildman–Crippen MR) is 93.5 cm³/mol. The Morgan fingerprint density at radius 1 is 0.926 bits per heavy atom. The Balaban J connectivity index is 2.22. The molecule has 0 saturated heterocycles. The van der Waals surface area contributed by atoms with Crippen LogP contribution < -0.4 is 0 Å². The number of aromatic amines is 1. The fourth-order valence-corrected chi connectivity index (χ4v) is 2.62. The van der Waals surface area contributed by atoms with Crippen molar-refractivity contribution in [1.29, 1.82) is 5.26 Å². The van der Waals surface area contributed by atoms with E-state index in [1.807, 2.05) is 39.0 Å². The summed E-state index contributed by atoms with van der Waals surface area (Å²) < 4.78 is 39.2. The van der Waals surface area contributed by atoms with E-state index in [2.05, 4.69) is 20.4 Å². The number of hydrogen-bond donors (Lipinski definition) is 1. The Bertz CT molecular complexity index is 1020. The molecule has 1 N–H and O–H groups in total. The lowest BCUT2D eigenvalue weighted by Crippen LogP contribution is -2.11. The van der Waals surface area contributed by atoms with Crippen molar-refractivity contribution >= 4 is 0 Å². The van der Waals surface area contributed by atoms with Gasteiger partial charge < -0.3 is 0 Å². The first-order chi connectivity index (χ1) is 12.6. The lowest BCUT2D eigenvalue weighted by Gasteiger charge is -2.21. The molecule has 2 heterocycles. The molecule has 3 rings (SSSR count). The number of pyridine rings is 1. The van der Waals surface area contributed by atoms with Crippen LogP contribution >= 0.6 is 0 Å². The van der Waals surface area contributed by atoms with Crippen LogP contribution in [0.25, 0.3) is 22.4 Å². The fraction of sp³-hybridized carbons (Fsp3) is 0.263. The molecule has 1 aromatic carbocycles.